The maximum absolute atomic E-state index is 12.6. The molecule has 1 aliphatic heterocycles. The van der Waals surface area contributed by atoms with Gasteiger partial charge in [0.05, 0.1) is 12.2 Å². The van der Waals surface area contributed by atoms with Gasteiger partial charge >= 0.3 is 5.97 Å². The minimum absolute atomic E-state index is 0.261. The highest BCUT2D eigenvalue weighted by molar-refractivity contribution is 5.89. The Morgan fingerprint density at radius 3 is 2.38 bits per heavy atom. The average Bonchev–Trinajstić information content (AvgIpc) is 2.75. The van der Waals surface area contributed by atoms with E-state index in [0.717, 1.165) is 50.9 Å². The fourth-order valence-corrected chi connectivity index (χ4v) is 3.85. The molecule has 4 heteroatoms. The topological polar surface area (TPSA) is 47.6 Å². The van der Waals surface area contributed by atoms with Crippen molar-refractivity contribution in [1.82, 2.24) is 5.32 Å². The number of hydrogen-bond donors (Lipinski definition) is 1. The fraction of sp³-hybridized carbons (Fsp3) is 0.480. The second kappa shape index (κ2) is 10.4. The summed E-state index contributed by atoms with van der Waals surface area (Å²) in [4.78, 5) is 12.6. The number of unbranched alkanes of at least 4 members (excludes halogenated alkanes) is 1. The lowest BCUT2D eigenvalue weighted by Gasteiger charge is -2.36. The predicted molar refractivity (Wildman–Crippen MR) is 116 cm³/mol. The largest absolute Gasteiger partial charge is 0.494 e. The van der Waals surface area contributed by atoms with Gasteiger partial charge in [-0.05, 0) is 88.9 Å². The normalized spacial score (nSPS) is 15.1. The van der Waals surface area contributed by atoms with E-state index in [9.17, 15) is 4.79 Å². The van der Waals surface area contributed by atoms with Crippen molar-refractivity contribution in [3.05, 3.63) is 65.7 Å². The number of esters is 1. The fourth-order valence-electron chi connectivity index (χ4n) is 3.85. The first-order valence-electron chi connectivity index (χ1n) is 10.8. The number of rotatable bonds is 9. The summed E-state index contributed by atoms with van der Waals surface area (Å²) < 4.78 is 11.7. The summed E-state index contributed by atoms with van der Waals surface area (Å²) >= 11 is 0. The number of nitrogens with one attached hydrogen (secondary N) is 1. The van der Waals surface area contributed by atoms with E-state index in [1.807, 2.05) is 32.0 Å². The van der Waals surface area contributed by atoms with Gasteiger partial charge in [-0.2, -0.15) is 0 Å². The van der Waals surface area contributed by atoms with Crippen molar-refractivity contribution < 1.29 is 14.3 Å². The molecule has 2 aromatic rings. The van der Waals surface area contributed by atoms with Crippen molar-refractivity contribution in [1.29, 1.82) is 0 Å². The maximum atomic E-state index is 12.6. The van der Waals surface area contributed by atoms with Crippen LogP contribution in [-0.2, 0) is 11.2 Å². The Labute approximate surface area is 174 Å². The van der Waals surface area contributed by atoms with Gasteiger partial charge in [0.2, 0.25) is 0 Å². The van der Waals surface area contributed by atoms with Gasteiger partial charge in [-0.25, -0.2) is 4.79 Å². The van der Waals surface area contributed by atoms with E-state index in [1.54, 1.807) is 12.1 Å². The van der Waals surface area contributed by atoms with Gasteiger partial charge in [0.15, 0.2) is 0 Å². The lowest BCUT2D eigenvalue weighted by Crippen LogP contribution is -2.42. The predicted octanol–water partition coefficient (Wildman–Crippen LogP) is 5.02. The number of piperidine rings is 1. The van der Waals surface area contributed by atoms with Crippen LogP contribution in [-0.4, -0.2) is 31.3 Å². The molecular formula is C25H33NO3. The van der Waals surface area contributed by atoms with E-state index in [1.165, 1.54) is 5.56 Å². The van der Waals surface area contributed by atoms with E-state index < -0.39 is 5.60 Å². The van der Waals surface area contributed by atoms with Crippen LogP contribution in [0.5, 0.6) is 5.75 Å². The monoisotopic (exact) mass is 395 g/mol. The molecular weight excluding hydrogens is 362 g/mol. The second-order valence-corrected chi connectivity index (χ2v) is 8.33. The Hall–Kier alpha value is -2.33. The molecule has 156 valence electrons. The van der Waals surface area contributed by atoms with Crippen LogP contribution in [0.25, 0.3) is 0 Å². The standard InChI is InChI=1S/C25H33NO3/c1-25(2,22-15-17-26-18-16-22)29-24(27)21-11-13-23(14-12-21)28-19-7-6-10-20-8-4-3-5-9-20/h3-5,8-9,11-14,22,26H,6-7,10,15-19H2,1-2H3. The summed E-state index contributed by atoms with van der Waals surface area (Å²) in [5.74, 6) is 0.924. The smallest absolute Gasteiger partial charge is 0.338 e. The highest BCUT2D eigenvalue weighted by atomic mass is 16.6. The first-order valence-corrected chi connectivity index (χ1v) is 10.8. The van der Waals surface area contributed by atoms with Crippen LogP contribution in [0.1, 0.15) is 55.5 Å². The third-order valence-corrected chi connectivity index (χ3v) is 5.74. The number of ether oxygens (including phenoxy) is 2. The average molecular weight is 396 g/mol. The van der Waals surface area contributed by atoms with E-state index in [2.05, 4.69) is 29.6 Å². The van der Waals surface area contributed by atoms with Crippen molar-refractivity contribution in [3.63, 3.8) is 0 Å². The molecule has 1 saturated heterocycles. The molecule has 1 aliphatic rings. The Kier molecular flexibility index (Phi) is 7.70. The molecule has 0 aromatic heterocycles. The highest BCUT2D eigenvalue weighted by Gasteiger charge is 2.34. The van der Waals surface area contributed by atoms with Gasteiger partial charge in [0.1, 0.15) is 11.4 Å². The maximum Gasteiger partial charge on any atom is 0.338 e. The summed E-state index contributed by atoms with van der Waals surface area (Å²) in [5.41, 5.74) is 1.49. The second-order valence-electron chi connectivity index (χ2n) is 8.33. The first-order chi connectivity index (χ1) is 14.0. The van der Waals surface area contributed by atoms with Crippen LogP contribution in [0.4, 0.5) is 0 Å². The molecule has 0 radical (unpaired) electrons. The molecule has 3 rings (SSSR count). The van der Waals surface area contributed by atoms with E-state index in [4.69, 9.17) is 9.47 Å². The minimum Gasteiger partial charge on any atom is -0.494 e. The van der Waals surface area contributed by atoms with Gasteiger partial charge in [-0.15, -0.1) is 0 Å². The molecule has 0 saturated carbocycles. The van der Waals surface area contributed by atoms with Crippen LogP contribution in [0.15, 0.2) is 54.6 Å². The third kappa shape index (κ3) is 6.60. The Balaban J connectivity index is 1.41. The number of aryl methyl sites for hydroxylation is 1. The Morgan fingerprint density at radius 1 is 1.00 bits per heavy atom. The summed E-state index contributed by atoms with van der Waals surface area (Å²) in [6, 6.07) is 17.8. The van der Waals surface area contributed by atoms with Gasteiger partial charge < -0.3 is 14.8 Å². The molecule has 0 spiro atoms. The molecule has 0 amide bonds. The van der Waals surface area contributed by atoms with Crippen LogP contribution < -0.4 is 10.1 Å². The molecule has 0 unspecified atom stereocenters. The van der Waals surface area contributed by atoms with Gasteiger partial charge in [-0.3, -0.25) is 0 Å². The zero-order valence-electron chi connectivity index (χ0n) is 17.7. The van der Waals surface area contributed by atoms with Crippen LogP contribution in [0.2, 0.25) is 0 Å². The molecule has 1 heterocycles. The van der Waals surface area contributed by atoms with Gasteiger partial charge in [0.25, 0.3) is 0 Å². The molecule has 0 bridgehead atoms. The molecule has 4 nitrogen and oxygen atoms in total. The van der Waals surface area contributed by atoms with Crippen molar-refractivity contribution in [3.8, 4) is 5.75 Å². The van der Waals surface area contributed by atoms with Crippen molar-refractivity contribution in [2.75, 3.05) is 19.7 Å². The SMILES string of the molecule is CC(C)(OC(=O)c1ccc(OCCCCc2ccccc2)cc1)C1CCNCC1. The molecule has 1 N–H and O–H groups in total. The first kappa shape index (κ1) is 21.4. The zero-order valence-corrected chi connectivity index (χ0v) is 17.7. The van der Waals surface area contributed by atoms with Crippen LogP contribution in [0.3, 0.4) is 0 Å². The summed E-state index contributed by atoms with van der Waals surface area (Å²) in [5, 5.41) is 3.36. The number of carbonyl (C=O) groups is 1. The molecule has 0 atom stereocenters. The lowest BCUT2D eigenvalue weighted by atomic mass is 9.83. The van der Waals surface area contributed by atoms with Crippen molar-refractivity contribution in [2.24, 2.45) is 5.92 Å². The highest BCUT2D eigenvalue weighted by Crippen LogP contribution is 2.30. The van der Waals surface area contributed by atoms with Crippen molar-refractivity contribution in [2.45, 2.75) is 51.6 Å². The number of hydrogen-bond acceptors (Lipinski definition) is 4. The minimum atomic E-state index is -0.451. The lowest BCUT2D eigenvalue weighted by molar-refractivity contribution is -0.0368. The molecule has 1 fully saturated rings. The summed E-state index contributed by atoms with van der Waals surface area (Å²) in [6.07, 6.45) is 5.25. The van der Waals surface area contributed by atoms with Gasteiger partial charge in [-0.1, -0.05) is 30.3 Å². The Morgan fingerprint density at radius 2 is 1.69 bits per heavy atom. The number of benzene rings is 2. The summed E-state index contributed by atoms with van der Waals surface area (Å²) in [7, 11) is 0. The third-order valence-electron chi connectivity index (χ3n) is 5.74. The molecule has 2 aromatic carbocycles. The number of carbonyl (C=O) groups excluding carboxylic acids is 1. The van der Waals surface area contributed by atoms with Crippen LogP contribution in [0, 0.1) is 5.92 Å². The van der Waals surface area contributed by atoms with E-state index in [-0.39, 0.29) is 5.97 Å². The van der Waals surface area contributed by atoms with Crippen molar-refractivity contribution >= 4 is 5.97 Å². The molecule has 0 aliphatic carbocycles. The van der Waals surface area contributed by atoms with Crippen LogP contribution >= 0.6 is 0 Å². The zero-order chi connectivity index (χ0) is 20.5. The molecule has 29 heavy (non-hydrogen) atoms. The Bertz CT molecular complexity index is 749. The van der Waals surface area contributed by atoms with E-state index in [0.29, 0.717) is 18.1 Å². The summed E-state index contributed by atoms with van der Waals surface area (Å²) in [6.45, 7) is 6.70. The quantitative estimate of drug-likeness (QED) is 0.478. The van der Waals surface area contributed by atoms with Gasteiger partial charge in [0, 0.05) is 5.92 Å². The van der Waals surface area contributed by atoms with E-state index >= 15 is 0 Å².